The number of hydrogen-bond acceptors (Lipinski definition) is 3. The molecule has 5 heteroatoms. The van der Waals surface area contributed by atoms with Crippen LogP contribution in [0.4, 0.5) is 14.9 Å². The monoisotopic (exact) mass is 266 g/mol. The van der Waals surface area contributed by atoms with E-state index in [1.165, 1.54) is 6.07 Å². The molecule has 0 bridgehead atoms. The van der Waals surface area contributed by atoms with Gasteiger partial charge in [-0.2, -0.15) is 0 Å². The summed E-state index contributed by atoms with van der Waals surface area (Å²) < 4.78 is 18.8. The zero-order valence-corrected chi connectivity index (χ0v) is 11.5. The Balaban J connectivity index is 2.14. The molecule has 0 spiro atoms. The van der Waals surface area contributed by atoms with Gasteiger partial charge in [0.2, 0.25) is 0 Å². The number of ether oxygens (including phenoxy) is 1. The van der Waals surface area contributed by atoms with E-state index in [1.807, 2.05) is 20.8 Å². The largest absolute Gasteiger partial charge is 0.444 e. The van der Waals surface area contributed by atoms with E-state index in [2.05, 4.69) is 0 Å². The highest BCUT2D eigenvalue weighted by Crippen LogP contribution is 2.24. The van der Waals surface area contributed by atoms with Gasteiger partial charge in [-0.25, -0.2) is 9.18 Å². The number of rotatable bonds is 0. The van der Waals surface area contributed by atoms with Crippen LogP contribution in [0.5, 0.6) is 0 Å². The van der Waals surface area contributed by atoms with Crippen molar-refractivity contribution >= 4 is 11.8 Å². The molecule has 0 saturated carbocycles. The first-order chi connectivity index (χ1) is 8.76. The van der Waals surface area contributed by atoms with Crippen molar-refractivity contribution in [2.45, 2.75) is 39.3 Å². The molecule has 1 amide bonds. The Morgan fingerprint density at radius 2 is 2.05 bits per heavy atom. The van der Waals surface area contributed by atoms with Crippen molar-refractivity contribution in [1.82, 2.24) is 4.90 Å². The van der Waals surface area contributed by atoms with Crippen LogP contribution in [0.3, 0.4) is 0 Å². The van der Waals surface area contributed by atoms with Gasteiger partial charge in [-0.05, 0) is 50.5 Å². The lowest BCUT2D eigenvalue weighted by molar-refractivity contribution is 0.0224. The van der Waals surface area contributed by atoms with Crippen molar-refractivity contribution in [1.29, 1.82) is 0 Å². The van der Waals surface area contributed by atoms with Gasteiger partial charge in [0, 0.05) is 13.1 Å². The Morgan fingerprint density at radius 3 is 2.68 bits per heavy atom. The number of carbonyl (C=O) groups is 1. The van der Waals surface area contributed by atoms with Crippen LogP contribution < -0.4 is 5.73 Å². The predicted octanol–water partition coefficient (Wildman–Crippen LogP) is 2.70. The quantitative estimate of drug-likeness (QED) is 0.734. The van der Waals surface area contributed by atoms with E-state index in [0.717, 1.165) is 11.1 Å². The lowest BCUT2D eigenvalue weighted by Crippen LogP contribution is -2.39. The fourth-order valence-corrected chi connectivity index (χ4v) is 2.08. The zero-order valence-electron chi connectivity index (χ0n) is 11.5. The molecule has 0 fully saturated rings. The van der Waals surface area contributed by atoms with Gasteiger partial charge >= 0.3 is 6.09 Å². The molecule has 2 rings (SSSR count). The number of nitrogen functional groups attached to an aromatic ring is 1. The topological polar surface area (TPSA) is 55.6 Å². The molecule has 19 heavy (non-hydrogen) atoms. The average molecular weight is 266 g/mol. The van der Waals surface area contributed by atoms with E-state index in [-0.39, 0.29) is 11.8 Å². The third kappa shape index (κ3) is 3.16. The molecule has 0 atom stereocenters. The predicted molar refractivity (Wildman–Crippen MR) is 71.2 cm³/mol. The van der Waals surface area contributed by atoms with Gasteiger partial charge < -0.3 is 15.4 Å². The molecular formula is C14H19FN2O2. The number of hydrogen-bond donors (Lipinski definition) is 1. The maximum Gasteiger partial charge on any atom is 0.410 e. The third-order valence-electron chi connectivity index (χ3n) is 2.98. The number of anilines is 1. The molecule has 2 N–H and O–H groups in total. The van der Waals surface area contributed by atoms with Crippen molar-refractivity contribution in [3.8, 4) is 0 Å². The van der Waals surface area contributed by atoms with E-state index in [9.17, 15) is 9.18 Å². The molecular weight excluding hydrogens is 247 g/mol. The van der Waals surface area contributed by atoms with Crippen molar-refractivity contribution < 1.29 is 13.9 Å². The van der Waals surface area contributed by atoms with Crippen molar-refractivity contribution in [3.63, 3.8) is 0 Å². The minimum Gasteiger partial charge on any atom is -0.444 e. The molecule has 1 heterocycles. The Labute approximate surface area is 112 Å². The van der Waals surface area contributed by atoms with E-state index >= 15 is 0 Å². The summed E-state index contributed by atoms with van der Waals surface area (Å²) in [5.41, 5.74) is 6.97. The Hall–Kier alpha value is -1.78. The Morgan fingerprint density at radius 1 is 1.37 bits per heavy atom. The number of amides is 1. The van der Waals surface area contributed by atoms with Gasteiger partial charge in [0.25, 0.3) is 0 Å². The van der Waals surface area contributed by atoms with Crippen LogP contribution in [0.15, 0.2) is 12.1 Å². The molecule has 1 aliphatic rings. The second-order valence-electron chi connectivity index (χ2n) is 5.79. The normalized spacial score (nSPS) is 15.1. The summed E-state index contributed by atoms with van der Waals surface area (Å²) in [5.74, 6) is -0.440. The Bertz CT molecular complexity index is 509. The molecule has 1 aliphatic heterocycles. The summed E-state index contributed by atoms with van der Waals surface area (Å²) in [6.45, 7) is 6.39. The van der Waals surface area contributed by atoms with Gasteiger partial charge in [0.05, 0.1) is 5.69 Å². The number of halogens is 1. The summed E-state index contributed by atoms with van der Waals surface area (Å²) in [7, 11) is 0. The van der Waals surface area contributed by atoms with Crippen LogP contribution in [0, 0.1) is 5.82 Å². The highest BCUT2D eigenvalue weighted by Gasteiger charge is 2.26. The van der Waals surface area contributed by atoms with E-state index in [4.69, 9.17) is 10.5 Å². The van der Waals surface area contributed by atoms with Crippen molar-refractivity contribution in [3.05, 3.63) is 29.1 Å². The van der Waals surface area contributed by atoms with Crippen LogP contribution in [0.25, 0.3) is 0 Å². The first kappa shape index (κ1) is 13.6. The van der Waals surface area contributed by atoms with Gasteiger partial charge in [-0.15, -0.1) is 0 Å². The number of nitrogens with zero attached hydrogens (tertiary/aromatic N) is 1. The maximum atomic E-state index is 13.4. The van der Waals surface area contributed by atoms with E-state index < -0.39 is 11.4 Å². The molecule has 1 aromatic carbocycles. The second kappa shape index (κ2) is 4.72. The van der Waals surface area contributed by atoms with Crippen LogP contribution in [-0.4, -0.2) is 23.1 Å². The highest BCUT2D eigenvalue weighted by atomic mass is 19.1. The summed E-state index contributed by atoms with van der Waals surface area (Å²) in [4.78, 5) is 13.5. The van der Waals surface area contributed by atoms with E-state index in [0.29, 0.717) is 19.5 Å². The summed E-state index contributed by atoms with van der Waals surface area (Å²) >= 11 is 0. The highest BCUT2D eigenvalue weighted by molar-refractivity contribution is 5.69. The van der Waals surface area contributed by atoms with Crippen LogP contribution >= 0.6 is 0 Å². The van der Waals surface area contributed by atoms with Gasteiger partial charge in [-0.3, -0.25) is 0 Å². The molecule has 0 radical (unpaired) electrons. The van der Waals surface area contributed by atoms with E-state index in [1.54, 1.807) is 11.0 Å². The fourth-order valence-electron chi connectivity index (χ4n) is 2.08. The summed E-state index contributed by atoms with van der Waals surface area (Å²) in [6, 6.07) is 3.05. The van der Waals surface area contributed by atoms with Crippen LogP contribution in [0.1, 0.15) is 31.9 Å². The first-order valence-corrected chi connectivity index (χ1v) is 6.31. The molecule has 0 aromatic heterocycles. The van der Waals surface area contributed by atoms with Crippen molar-refractivity contribution in [2.24, 2.45) is 0 Å². The number of nitrogens with two attached hydrogens (primary N) is 1. The summed E-state index contributed by atoms with van der Waals surface area (Å²) in [6.07, 6.45) is 0.300. The standard InChI is InChI=1S/C14H19FN2O2/c1-14(2,3)19-13(18)17-5-4-9-7-12(16)11(15)6-10(9)8-17/h6-7H,4-5,8,16H2,1-3H3. The minimum absolute atomic E-state index is 0.157. The van der Waals surface area contributed by atoms with Crippen LogP contribution in [0.2, 0.25) is 0 Å². The summed E-state index contributed by atoms with van der Waals surface area (Å²) in [5, 5.41) is 0. The van der Waals surface area contributed by atoms with Gasteiger partial charge in [0.1, 0.15) is 11.4 Å². The fraction of sp³-hybridized carbons (Fsp3) is 0.500. The molecule has 104 valence electrons. The van der Waals surface area contributed by atoms with Gasteiger partial charge in [-0.1, -0.05) is 0 Å². The molecule has 0 aliphatic carbocycles. The Kier molecular flexibility index (Phi) is 3.39. The van der Waals surface area contributed by atoms with Crippen LogP contribution in [-0.2, 0) is 17.7 Å². The lowest BCUT2D eigenvalue weighted by atomic mass is 9.99. The number of carbonyl (C=O) groups excluding carboxylic acids is 1. The smallest absolute Gasteiger partial charge is 0.410 e. The molecule has 0 saturated heterocycles. The minimum atomic E-state index is -0.524. The number of fused-ring (bicyclic) bond motifs is 1. The maximum absolute atomic E-state index is 13.4. The first-order valence-electron chi connectivity index (χ1n) is 6.31. The molecule has 1 aromatic rings. The molecule has 0 unspecified atom stereocenters. The molecule has 4 nitrogen and oxygen atoms in total. The van der Waals surface area contributed by atoms with Crippen molar-refractivity contribution in [2.75, 3.05) is 12.3 Å². The average Bonchev–Trinajstić information content (AvgIpc) is 2.27. The SMILES string of the molecule is CC(C)(C)OC(=O)N1CCc2cc(N)c(F)cc2C1. The zero-order chi connectivity index (χ0) is 14.2. The lowest BCUT2D eigenvalue weighted by Gasteiger charge is -2.31. The number of benzene rings is 1. The van der Waals surface area contributed by atoms with Gasteiger partial charge in [0.15, 0.2) is 0 Å². The third-order valence-corrected chi connectivity index (χ3v) is 2.98. The second-order valence-corrected chi connectivity index (χ2v) is 5.79.